The molecule has 0 aromatic rings. The maximum atomic E-state index is 11.7. The van der Waals surface area contributed by atoms with Gasteiger partial charge in [0.25, 0.3) is 0 Å². The van der Waals surface area contributed by atoms with Crippen molar-refractivity contribution >= 4 is 5.97 Å². The number of nitrogens with zero attached hydrogens (tertiary/aromatic N) is 1. The summed E-state index contributed by atoms with van der Waals surface area (Å²) < 4.78 is 0. The molecule has 0 aromatic heterocycles. The van der Waals surface area contributed by atoms with E-state index >= 15 is 0 Å². The maximum absolute atomic E-state index is 11.7. The van der Waals surface area contributed by atoms with Crippen LogP contribution in [0.1, 0.15) is 32.1 Å². The fourth-order valence-corrected chi connectivity index (χ4v) is 3.99. The molecule has 4 rings (SSSR count). The van der Waals surface area contributed by atoms with Crippen molar-refractivity contribution in [2.45, 2.75) is 37.7 Å². The van der Waals surface area contributed by atoms with Crippen LogP contribution in [-0.2, 0) is 4.79 Å². The van der Waals surface area contributed by atoms with Crippen LogP contribution in [0.5, 0.6) is 0 Å². The zero-order chi connectivity index (χ0) is 11.4. The number of aliphatic hydroxyl groups is 1. The van der Waals surface area contributed by atoms with Crippen LogP contribution in [0, 0.1) is 11.3 Å². The lowest BCUT2D eigenvalue weighted by Crippen LogP contribution is -2.70. The number of aliphatic carboxylic acids is 1. The van der Waals surface area contributed by atoms with E-state index in [4.69, 9.17) is 0 Å². The Morgan fingerprint density at radius 1 is 1.25 bits per heavy atom. The predicted octanol–water partition coefficient (Wildman–Crippen LogP) is 0.698. The van der Waals surface area contributed by atoms with Crippen LogP contribution in [0.25, 0.3) is 0 Å². The lowest BCUT2D eigenvalue weighted by atomic mass is 9.52. The Bertz CT molecular complexity index is 318. The predicted molar refractivity (Wildman–Crippen MR) is 58.0 cm³/mol. The average Bonchev–Trinajstić information content (AvgIpc) is 2.26. The van der Waals surface area contributed by atoms with Crippen LogP contribution in [-0.4, -0.2) is 46.3 Å². The normalized spacial score (nSPS) is 45.1. The lowest BCUT2D eigenvalue weighted by Gasteiger charge is -2.60. The van der Waals surface area contributed by atoms with E-state index in [0.717, 1.165) is 32.4 Å². The standard InChI is InChI=1S/C12H19NO3/c14-10(15)12(11(16)4-1-5-11)8-13-6-2-9(12)3-7-13/h9,16H,1-8H2,(H,14,15). The van der Waals surface area contributed by atoms with Crippen molar-refractivity contribution in [1.82, 2.24) is 4.90 Å². The molecule has 4 fully saturated rings. The summed E-state index contributed by atoms with van der Waals surface area (Å²) in [6.07, 6.45) is 4.19. The van der Waals surface area contributed by atoms with Gasteiger partial charge < -0.3 is 15.1 Å². The van der Waals surface area contributed by atoms with Gasteiger partial charge in [-0.05, 0) is 51.1 Å². The van der Waals surface area contributed by atoms with Crippen molar-refractivity contribution < 1.29 is 15.0 Å². The number of carbonyl (C=O) groups is 1. The highest BCUT2D eigenvalue weighted by Crippen LogP contribution is 2.56. The summed E-state index contributed by atoms with van der Waals surface area (Å²) >= 11 is 0. The second-order valence-electron chi connectivity index (χ2n) is 5.71. The van der Waals surface area contributed by atoms with Gasteiger partial charge in [-0.25, -0.2) is 0 Å². The molecule has 4 heteroatoms. The molecule has 2 N–H and O–H groups in total. The Morgan fingerprint density at radius 3 is 2.19 bits per heavy atom. The van der Waals surface area contributed by atoms with Gasteiger partial charge in [-0.2, -0.15) is 0 Å². The smallest absolute Gasteiger partial charge is 0.314 e. The van der Waals surface area contributed by atoms with Gasteiger partial charge in [0.2, 0.25) is 0 Å². The van der Waals surface area contributed by atoms with Crippen molar-refractivity contribution in [3.8, 4) is 0 Å². The molecule has 4 nitrogen and oxygen atoms in total. The van der Waals surface area contributed by atoms with E-state index in [2.05, 4.69) is 4.90 Å². The third-order valence-corrected chi connectivity index (χ3v) is 5.15. The SMILES string of the molecule is O=C(O)C1(C2(O)CCC2)CN2CCC1CC2. The number of carboxylic acid groups (broad SMARTS) is 1. The topological polar surface area (TPSA) is 60.8 Å². The van der Waals surface area contributed by atoms with E-state index in [0.29, 0.717) is 19.4 Å². The first-order chi connectivity index (χ1) is 7.58. The highest BCUT2D eigenvalue weighted by atomic mass is 16.4. The fraction of sp³-hybridized carbons (Fsp3) is 0.917. The number of fused-ring (bicyclic) bond motifs is 3. The van der Waals surface area contributed by atoms with Crippen LogP contribution in [0.3, 0.4) is 0 Å². The van der Waals surface area contributed by atoms with E-state index < -0.39 is 17.0 Å². The molecule has 3 heterocycles. The number of hydrogen-bond donors (Lipinski definition) is 2. The van der Waals surface area contributed by atoms with Crippen LogP contribution in [0.4, 0.5) is 0 Å². The largest absolute Gasteiger partial charge is 0.481 e. The van der Waals surface area contributed by atoms with Crippen molar-refractivity contribution in [3.63, 3.8) is 0 Å². The first-order valence-electron chi connectivity index (χ1n) is 6.27. The molecule has 0 aromatic carbocycles. The van der Waals surface area contributed by atoms with Gasteiger partial charge in [0.05, 0.1) is 5.60 Å². The highest BCUT2D eigenvalue weighted by molar-refractivity contribution is 5.78. The zero-order valence-electron chi connectivity index (χ0n) is 9.48. The minimum absolute atomic E-state index is 0.181. The Hall–Kier alpha value is -0.610. The Balaban J connectivity index is 2.00. The molecule has 0 amide bonds. The van der Waals surface area contributed by atoms with Crippen molar-refractivity contribution in [2.24, 2.45) is 11.3 Å². The van der Waals surface area contributed by atoms with Gasteiger partial charge in [0, 0.05) is 6.54 Å². The molecule has 1 aliphatic carbocycles. The van der Waals surface area contributed by atoms with Crippen LogP contribution >= 0.6 is 0 Å². The van der Waals surface area contributed by atoms with Crippen LogP contribution in [0.2, 0.25) is 0 Å². The van der Waals surface area contributed by atoms with Crippen molar-refractivity contribution in [1.29, 1.82) is 0 Å². The summed E-state index contributed by atoms with van der Waals surface area (Å²) in [5, 5.41) is 20.2. The Labute approximate surface area is 95.2 Å². The molecule has 1 unspecified atom stereocenters. The second-order valence-corrected chi connectivity index (χ2v) is 5.71. The van der Waals surface area contributed by atoms with Gasteiger partial charge in [0.15, 0.2) is 0 Å². The van der Waals surface area contributed by atoms with Crippen LogP contribution in [0.15, 0.2) is 0 Å². The third-order valence-electron chi connectivity index (χ3n) is 5.15. The second kappa shape index (κ2) is 3.20. The molecule has 90 valence electrons. The monoisotopic (exact) mass is 225 g/mol. The maximum Gasteiger partial charge on any atom is 0.314 e. The quantitative estimate of drug-likeness (QED) is 0.726. The van der Waals surface area contributed by atoms with E-state index in [9.17, 15) is 15.0 Å². The minimum atomic E-state index is -0.928. The lowest BCUT2D eigenvalue weighted by molar-refractivity contribution is -0.220. The van der Waals surface area contributed by atoms with Gasteiger partial charge in [-0.1, -0.05) is 0 Å². The minimum Gasteiger partial charge on any atom is -0.481 e. The molecule has 1 saturated carbocycles. The first-order valence-corrected chi connectivity index (χ1v) is 6.27. The van der Waals surface area contributed by atoms with Crippen molar-refractivity contribution in [3.05, 3.63) is 0 Å². The Kier molecular flexibility index (Phi) is 2.11. The molecule has 1 atom stereocenters. The van der Waals surface area contributed by atoms with Gasteiger partial charge in [0.1, 0.15) is 5.41 Å². The summed E-state index contributed by atoms with van der Waals surface area (Å²) in [6.45, 7) is 2.58. The number of rotatable bonds is 2. The number of piperidine rings is 3. The number of hydrogen-bond acceptors (Lipinski definition) is 3. The molecule has 0 radical (unpaired) electrons. The zero-order valence-corrected chi connectivity index (χ0v) is 9.48. The van der Waals surface area contributed by atoms with Crippen molar-refractivity contribution in [2.75, 3.05) is 19.6 Å². The average molecular weight is 225 g/mol. The van der Waals surface area contributed by atoms with E-state index in [1.807, 2.05) is 0 Å². The fourth-order valence-electron chi connectivity index (χ4n) is 3.99. The summed E-state index contributed by atoms with van der Waals surface area (Å²) in [7, 11) is 0. The van der Waals surface area contributed by atoms with Crippen LogP contribution < -0.4 is 0 Å². The molecule has 3 aliphatic heterocycles. The summed E-state index contributed by atoms with van der Waals surface area (Å²) in [5.41, 5.74) is -1.80. The van der Waals surface area contributed by atoms with E-state index in [1.165, 1.54) is 0 Å². The molecular weight excluding hydrogens is 206 g/mol. The highest BCUT2D eigenvalue weighted by Gasteiger charge is 2.65. The van der Waals surface area contributed by atoms with Gasteiger partial charge in [-0.15, -0.1) is 0 Å². The molecule has 2 bridgehead atoms. The van der Waals surface area contributed by atoms with Gasteiger partial charge >= 0.3 is 5.97 Å². The summed E-state index contributed by atoms with van der Waals surface area (Å²) in [5.74, 6) is -0.593. The molecule has 4 aliphatic rings. The first kappa shape index (κ1) is 10.5. The molecular formula is C12H19NO3. The summed E-state index contributed by atoms with van der Waals surface area (Å²) in [4.78, 5) is 13.9. The Morgan fingerprint density at radius 2 is 1.88 bits per heavy atom. The molecule has 16 heavy (non-hydrogen) atoms. The summed E-state index contributed by atoms with van der Waals surface area (Å²) in [6, 6.07) is 0. The van der Waals surface area contributed by atoms with E-state index in [-0.39, 0.29) is 5.92 Å². The molecule has 0 spiro atoms. The van der Waals surface area contributed by atoms with E-state index in [1.54, 1.807) is 0 Å². The molecule has 3 saturated heterocycles. The van der Waals surface area contributed by atoms with Gasteiger partial charge in [-0.3, -0.25) is 4.79 Å². The number of carboxylic acids is 1. The third kappa shape index (κ3) is 1.09.